The molecule has 27 heavy (non-hydrogen) atoms. The standard InChI is InChI=1S/C18H19N5O4/c1-10(27-2)13-9-23(21-20-13)14-5-3-4-11-12(14)8-22(18(11)26)15-6-7-16(24)19-17(15)25/h3-5,9-10,15H,6-8H2,1-2H3,(H,19,24,25). The number of nitrogens with zero attached hydrogens (tertiary/aromatic N) is 4. The summed E-state index contributed by atoms with van der Waals surface area (Å²) in [7, 11) is 1.60. The number of imide groups is 1. The third kappa shape index (κ3) is 2.89. The van der Waals surface area contributed by atoms with Gasteiger partial charge in [0.2, 0.25) is 11.8 Å². The van der Waals surface area contributed by atoms with Gasteiger partial charge in [0.05, 0.1) is 18.0 Å². The second kappa shape index (κ2) is 6.58. The normalized spacial score (nSPS) is 20.6. The average molecular weight is 369 g/mol. The zero-order chi connectivity index (χ0) is 19.1. The molecule has 3 amide bonds. The monoisotopic (exact) mass is 369 g/mol. The number of carbonyl (C=O) groups excluding carboxylic acids is 3. The minimum atomic E-state index is -0.643. The number of rotatable bonds is 4. The van der Waals surface area contributed by atoms with Crippen molar-refractivity contribution in [3.63, 3.8) is 0 Å². The largest absolute Gasteiger partial charge is 0.375 e. The molecule has 1 saturated heterocycles. The number of ether oxygens (including phenoxy) is 1. The van der Waals surface area contributed by atoms with Gasteiger partial charge in [0.25, 0.3) is 5.91 Å². The maximum absolute atomic E-state index is 12.9. The van der Waals surface area contributed by atoms with Gasteiger partial charge in [0, 0.05) is 31.2 Å². The van der Waals surface area contributed by atoms with E-state index >= 15 is 0 Å². The Morgan fingerprint density at radius 3 is 2.85 bits per heavy atom. The molecule has 2 unspecified atom stereocenters. The van der Waals surface area contributed by atoms with E-state index in [0.717, 1.165) is 11.3 Å². The molecule has 9 nitrogen and oxygen atoms in total. The molecular formula is C18H19N5O4. The van der Waals surface area contributed by atoms with Crippen LogP contribution in [0.2, 0.25) is 0 Å². The predicted molar refractivity (Wildman–Crippen MR) is 92.8 cm³/mol. The Kier molecular flexibility index (Phi) is 4.23. The van der Waals surface area contributed by atoms with Crippen LogP contribution in [-0.4, -0.2) is 50.8 Å². The number of carbonyl (C=O) groups is 3. The van der Waals surface area contributed by atoms with Crippen LogP contribution < -0.4 is 5.32 Å². The Morgan fingerprint density at radius 2 is 2.11 bits per heavy atom. The van der Waals surface area contributed by atoms with Gasteiger partial charge in [0.15, 0.2) is 0 Å². The van der Waals surface area contributed by atoms with Crippen LogP contribution in [0.5, 0.6) is 0 Å². The van der Waals surface area contributed by atoms with E-state index < -0.39 is 11.9 Å². The molecule has 2 aliphatic rings. The summed E-state index contributed by atoms with van der Waals surface area (Å²) in [5, 5.41) is 10.6. The molecule has 0 saturated carbocycles. The van der Waals surface area contributed by atoms with Crippen molar-refractivity contribution < 1.29 is 19.1 Å². The van der Waals surface area contributed by atoms with Gasteiger partial charge in [-0.2, -0.15) is 0 Å². The van der Waals surface area contributed by atoms with Crippen LogP contribution in [0.15, 0.2) is 24.4 Å². The van der Waals surface area contributed by atoms with Crippen molar-refractivity contribution in [1.29, 1.82) is 0 Å². The molecule has 9 heteroatoms. The SMILES string of the molecule is COC(C)c1cn(-c2cccc3c2CN(C2CCC(=O)NC2=O)C3=O)nn1. The van der Waals surface area contributed by atoms with Gasteiger partial charge >= 0.3 is 0 Å². The first-order chi connectivity index (χ1) is 13.0. The third-order valence-corrected chi connectivity index (χ3v) is 5.09. The van der Waals surface area contributed by atoms with E-state index in [0.29, 0.717) is 17.7 Å². The van der Waals surface area contributed by atoms with Crippen molar-refractivity contribution in [2.24, 2.45) is 0 Å². The highest BCUT2D eigenvalue weighted by Gasteiger charge is 2.40. The second-order valence-electron chi connectivity index (χ2n) is 6.67. The minimum Gasteiger partial charge on any atom is -0.375 e. The molecule has 1 fully saturated rings. The lowest BCUT2D eigenvalue weighted by molar-refractivity contribution is -0.136. The summed E-state index contributed by atoms with van der Waals surface area (Å²) < 4.78 is 6.88. The summed E-state index contributed by atoms with van der Waals surface area (Å²) in [6.07, 6.45) is 2.13. The number of hydrogen-bond donors (Lipinski definition) is 1. The summed E-state index contributed by atoms with van der Waals surface area (Å²) in [6, 6.07) is 4.73. The number of amides is 3. The van der Waals surface area contributed by atoms with Gasteiger partial charge in [-0.3, -0.25) is 19.7 Å². The molecule has 0 spiro atoms. The molecule has 4 rings (SSSR count). The van der Waals surface area contributed by atoms with Crippen molar-refractivity contribution >= 4 is 17.7 Å². The van der Waals surface area contributed by atoms with E-state index in [1.165, 1.54) is 4.90 Å². The molecule has 0 bridgehead atoms. The molecule has 2 aromatic rings. The Hall–Kier alpha value is -3.07. The lowest BCUT2D eigenvalue weighted by Gasteiger charge is -2.29. The first kappa shape index (κ1) is 17.3. The molecule has 140 valence electrons. The first-order valence-corrected chi connectivity index (χ1v) is 8.71. The van der Waals surface area contributed by atoms with E-state index in [9.17, 15) is 14.4 Å². The highest BCUT2D eigenvalue weighted by Crippen LogP contribution is 2.31. The number of hydrogen-bond acceptors (Lipinski definition) is 6. The molecule has 1 N–H and O–H groups in total. The molecule has 2 atom stereocenters. The lowest BCUT2D eigenvalue weighted by atomic mass is 10.0. The van der Waals surface area contributed by atoms with Gasteiger partial charge in [0.1, 0.15) is 11.7 Å². The highest BCUT2D eigenvalue weighted by molar-refractivity contribution is 6.05. The topological polar surface area (TPSA) is 106 Å². The van der Waals surface area contributed by atoms with Gasteiger partial charge < -0.3 is 9.64 Å². The van der Waals surface area contributed by atoms with E-state index in [2.05, 4.69) is 15.6 Å². The van der Waals surface area contributed by atoms with Crippen molar-refractivity contribution in [2.75, 3.05) is 7.11 Å². The lowest BCUT2D eigenvalue weighted by Crippen LogP contribution is -2.52. The maximum atomic E-state index is 12.9. The van der Waals surface area contributed by atoms with Crippen LogP contribution in [-0.2, 0) is 20.9 Å². The van der Waals surface area contributed by atoms with Crippen molar-refractivity contribution in [1.82, 2.24) is 25.2 Å². The van der Waals surface area contributed by atoms with E-state index in [1.54, 1.807) is 30.1 Å². The van der Waals surface area contributed by atoms with Crippen LogP contribution in [0.1, 0.15) is 47.5 Å². The second-order valence-corrected chi connectivity index (χ2v) is 6.67. The molecule has 0 aliphatic carbocycles. The van der Waals surface area contributed by atoms with Gasteiger partial charge in [-0.05, 0) is 25.5 Å². The Balaban J connectivity index is 1.66. The molecule has 3 heterocycles. The summed E-state index contributed by atoms with van der Waals surface area (Å²) in [5.74, 6) is -0.943. The van der Waals surface area contributed by atoms with Crippen LogP contribution in [0.3, 0.4) is 0 Å². The summed E-state index contributed by atoms with van der Waals surface area (Å²) >= 11 is 0. The average Bonchev–Trinajstić information content (AvgIpc) is 3.27. The van der Waals surface area contributed by atoms with Crippen LogP contribution >= 0.6 is 0 Å². The van der Waals surface area contributed by atoms with Crippen LogP contribution in [0, 0.1) is 0 Å². The summed E-state index contributed by atoms with van der Waals surface area (Å²) in [4.78, 5) is 38.0. The number of piperidine rings is 1. The molecular weight excluding hydrogens is 350 g/mol. The smallest absolute Gasteiger partial charge is 0.255 e. The molecule has 0 radical (unpaired) electrons. The minimum absolute atomic E-state index is 0.197. The quantitative estimate of drug-likeness (QED) is 0.797. The van der Waals surface area contributed by atoms with Gasteiger partial charge in [-0.1, -0.05) is 11.3 Å². The summed E-state index contributed by atoms with van der Waals surface area (Å²) in [5.41, 5.74) is 2.74. The molecule has 1 aromatic carbocycles. The molecule has 2 aliphatic heterocycles. The van der Waals surface area contributed by atoms with E-state index in [4.69, 9.17) is 4.74 Å². The predicted octanol–water partition coefficient (Wildman–Crippen LogP) is 0.736. The molecule has 1 aromatic heterocycles. The van der Waals surface area contributed by atoms with E-state index in [1.807, 2.05) is 13.0 Å². The van der Waals surface area contributed by atoms with Gasteiger partial charge in [-0.25, -0.2) is 4.68 Å². The fourth-order valence-electron chi connectivity index (χ4n) is 3.49. The zero-order valence-electron chi connectivity index (χ0n) is 15.0. The summed E-state index contributed by atoms with van der Waals surface area (Å²) in [6.45, 7) is 2.16. The number of nitrogens with one attached hydrogen (secondary N) is 1. The third-order valence-electron chi connectivity index (χ3n) is 5.09. The van der Waals surface area contributed by atoms with Crippen molar-refractivity contribution in [3.05, 3.63) is 41.2 Å². The number of fused-ring (bicyclic) bond motifs is 1. The first-order valence-electron chi connectivity index (χ1n) is 8.71. The Bertz CT molecular complexity index is 938. The highest BCUT2D eigenvalue weighted by atomic mass is 16.5. The zero-order valence-corrected chi connectivity index (χ0v) is 15.0. The van der Waals surface area contributed by atoms with E-state index in [-0.39, 0.29) is 30.9 Å². The number of aromatic nitrogens is 3. The fourth-order valence-corrected chi connectivity index (χ4v) is 3.49. The Morgan fingerprint density at radius 1 is 1.30 bits per heavy atom. The Labute approximate surface area is 155 Å². The van der Waals surface area contributed by atoms with Crippen LogP contribution in [0.4, 0.5) is 0 Å². The maximum Gasteiger partial charge on any atom is 0.255 e. The van der Waals surface area contributed by atoms with Gasteiger partial charge in [-0.15, -0.1) is 5.10 Å². The number of methoxy groups -OCH3 is 1. The number of benzene rings is 1. The van der Waals surface area contributed by atoms with Crippen LogP contribution in [0.25, 0.3) is 5.69 Å². The fraction of sp³-hybridized carbons (Fsp3) is 0.389. The van der Waals surface area contributed by atoms with Crippen molar-refractivity contribution in [3.8, 4) is 5.69 Å². The van der Waals surface area contributed by atoms with Crippen molar-refractivity contribution in [2.45, 2.75) is 38.5 Å².